The first-order valence-corrected chi connectivity index (χ1v) is 8.85. The van der Waals surface area contributed by atoms with Crippen LogP contribution in [0.1, 0.15) is 28.4 Å². The van der Waals surface area contributed by atoms with Gasteiger partial charge < -0.3 is 19.9 Å². The third-order valence-corrected chi connectivity index (χ3v) is 4.38. The smallest absolute Gasteiger partial charge is 0.222 e. The second-order valence-electron chi connectivity index (χ2n) is 6.31. The molecular weight excluding hydrogens is 356 g/mol. The van der Waals surface area contributed by atoms with E-state index in [2.05, 4.69) is 21.4 Å². The molecule has 0 aliphatic carbocycles. The number of hydrogen-bond acceptors (Lipinski definition) is 7. The summed E-state index contributed by atoms with van der Waals surface area (Å²) < 4.78 is 11.1. The van der Waals surface area contributed by atoms with Gasteiger partial charge in [-0.1, -0.05) is 18.2 Å². The number of nitrogens with zero attached hydrogens (tertiary/aromatic N) is 3. The number of benzene rings is 2. The Morgan fingerprint density at radius 2 is 1.82 bits per heavy atom. The quantitative estimate of drug-likeness (QED) is 0.708. The summed E-state index contributed by atoms with van der Waals surface area (Å²) in [5.74, 6) is 1.75. The predicted octanol–water partition coefficient (Wildman–Crippen LogP) is 2.81. The van der Waals surface area contributed by atoms with E-state index in [0.29, 0.717) is 53.9 Å². The van der Waals surface area contributed by atoms with Crippen molar-refractivity contribution < 1.29 is 14.6 Å². The maximum Gasteiger partial charge on any atom is 0.222 e. The van der Waals surface area contributed by atoms with Crippen LogP contribution >= 0.6 is 0 Å². The Kier molecular flexibility index (Phi) is 5.04. The average molecular weight is 374 g/mol. The van der Waals surface area contributed by atoms with Crippen LogP contribution in [0.2, 0.25) is 0 Å². The Bertz CT molecular complexity index is 1010. The first-order valence-electron chi connectivity index (χ1n) is 8.85. The predicted molar refractivity (Wildman–Crippen MR) is 102 cm³/mol. The van der Waals surface area contributed by atoms with Crippen molar-refractivity contribution in [2.24, 2.45) is 0 Å². The van der Waals surface area contributed by atoms with Gasteiger partial charge in [-0.05, 0) is 35.4 Å². The van der Waals surface area contributed by atoms with Gasteiger partial charge in [0.1, 0.15) is 19.3 Å². The molecule has 0 fully saturated rings. The van der Waals surface area contributed by atoms with Crippen LogP contribution < -0.4 is 14.8 Å². The standard InChI is InChI=1S/C21H18N4O3/c22-10-14-2-1-3-15(8-14)11-23-21-24-12-17(13-25-21)20(26)16-4-5-18-19(9-16)28-7-6-27-18/h1-5,8-9,12-13,20,26H,6-7,11H2,(H,23,24,25). The van der Waals surface area contributed by atoms with E-state index in [0.717, 1.165) is 5.56 Å². The van der Waals surface area contributed by atoms with Crippen molar-refractivity contribution >= 4 is 5.95 Å². The lowest BCUT2D eigenvalue weighted by molar-refractivity contribution is 0.169. The molecule has 2 N–H and O–H groups in total. The highest BCUT2D eigenvalue weighted by molar-refractivity contribution is 5.46. The van der Waals surface area contributed by atoms with E-state index in [1.807, 2.05) is 18.2 Å². The number of nitriles is 1. The fraction of sp³-hybridized carbons (Fsp3) is 0.190. The maximum absolute atomic E-state index is 10.6. The SMILES string of the molecule is N#Cc1cccc(CNc2ncc(C(O)c3ccc4c(c3)OCCO4)cn2)c1. The highest BCUT2D eigenvalue weighted by Crippen LogP contribution is 2.34. The maximum atomic E-state index is 10.6. The molecule has 1 atom stereocenters. The molecule has 0 saturated carbocycles. The molecule has 2 heterocycles. The Labute approximate surface area is 162 Å². The molecule has 1 aromatic heterocycles. The number of hydrogen-bond donors (Lipinski definition) is 2. The van der Waals surface area contributed by atoms with Gasteiger partial charge in [0.15, 0.2) is 11.5 Å². The molecule has 4 rings (SSSR count). The van der Waals surface area contributed by atoms with E-state index in [4.69, 9.17) is 14.7 Å². The summed E-state index contributed by atoms with van der Waals surface area (Å²) in [7, 11) is 0. The molecule has 0 bridgehead atoms. The molecule has 2 aromatic carbocycles. The summed E-state index contributed by atoms with van der Waals surface area (Å²) in [4.78, 5) is 8.53. The van der Waals surface area contributed by atoms with Crippen molar-refractivity contribution in [3.05, 3.63) is 77.1 Å². The highest BCUT2D eigenvalue weighted by atomic mass is 16.6. The lowest BCUT2D eigenvalue weighted by Crippen LogP contribution is -2.15. The molecule has 28 heavy (non-hydrogen) atoms. The van der Waals surface area contributed by atoms with Crippen LogP contribution in [0.3, 0.4) is 0 Å². The molecule has 1 aliphatic rings. The Morgan fingerprint density at radius 3 is 2.61 bits per heavy atom. The second-order valence-corrected chi connectivity index (χ2v) is 6.31. The van der Waals surface area contributed by atoms with Crippen LogP contribution in [0.4, 0.5) is 5.95 Å². The molecule has 1 unspecified atom stereocenters. The molecule has 0 radical (unpaired) electrons. The van der Waals surface area contributed by atoms with Crippen LogP contribution in [-0.2, 0) is 6.54 Å². The number of anilines is 1. The van der Waals surface area contributed by atoms with Gasteiger partial charge in [-0.25, -0.2) is 9.97 Å². The topological polar surface area (TPSA) is 100 Å². The molecule has 0 amide bonds. The summed E-state index contributed by atoms with van der Waals surface area (Å²) in [6, 6.07) is 14.8. The Morgan fingerprint density at radius 1 is 1.04 bits per heavy atom. The van der Waals surface area contributed by atoms with Gasteiger partial charge in [0, 0.05) is 24.5 Å². The fourth-order valence-corrected chi connectivity index (χ4v) is 2.92. The van der Waals surface area contributed by atoms with Gasteiger partial charge in [-0.3, -0.25) is 0 Å². The Hall–Kier alpha value is -3.63. The summed E-state index contributed by atoms with van der Waals surface area (Å²) >= 11 is 0. The van der Waals surface area contributed by atoms with Crippen LogP contribution in [0.15, 0.2) is 54.9 Å². The summed E-state index contributed by atoms with van der Waals surface area (Å²) in [6.07, 6.45) is 2.31. The van der Waals surface area contributed by atoms with Crippen molar-refractivity contribution in [1.29, 1.82) is 5.26 Å². The molecular formula is C21H18N4O3. The molecule has 3 aromatic rings. The number of rotatable bonds is 5. The van der Waals surface area contributed by atoms with E-state index in [1.54, 1.807) is 36.7 Å². The van der Waals surface area contributed by atoms with E-state index >= 15 is 0 Å². The van der Waals surface area contributed by atoms with Crippen LogP contribution in [-0.4, -0.2) is 28.3 Å². The highest BCUT2D eigenvalue weighted by Gasteiger charge is 2.17. The van der Waals surface area contributed by atoms with E-state index in [1.165, 1.54) is 0 Å². The minimum Gasteiger partial charge on any atom is -0.486 e. The van der Waals surface area contributed by atoms with Crippen molar-refractivity contribution in [3.8, 4) is 17.6 Å². The van der Waals surface area contributed by atoms with Gasteiger partial charge in [0.2, 0.25) is 5.95 Å². The summed E-state index contributed by atoms with van der Waals surface area (Å²) in [6.45, 7) is 1.52. The van der Waals surface area contributed by atoms with E-state index in [-0.39, 0.29) is 0 Å². The molecule has 0 spiro atoms. The van der Waals surface area contributed by atoms with Crippen LogP contribution in [0, 0.1) is 11.3 Å². The first kappa shape index (κ1) is 17.8. The number of fused-ring (bicyclic) bond motifs is 1. The number of aliphatic hydroxyl groups excluding tert-OH is 1. The zero-order valence-corrected chi connectivity index (χ0v) is 15.0. The van der Waals surface area contributed by atoms with E-state index in [9.17, 15) is 5.11 Å². The van der Waals surface area contributed by atoms with Gasteiger partial charge in [0.05, 0.1) is 11.6 Å². The monoisotopic (exact) mass is 374 g/mol. The van der Waals surface area contributed by atoms with Crippen molar-refractivity contribution in [2.75, 3.05) is 18.5 Å². The number of ether oxygens (including phenoxy) is 2. The van der Waals surface area contributed by atoms with Crippen molar-refractivity contribution in [2.45, 2.75) is 12.6 Å². The lowest BCUT2D eigenvalue weighted by atomic mass is 10.0. The number of nitrogens with one attached hydrogen (secondary N) is 1. The van der Waals surface area contributed by atoms with Crippen LogP contribution in [0.25, 0.3) is 0 Å². The molecule has 0 saturated heterocycles. The number of aliphatic hydroxyl groups is 1. The van der Waals surface area contributed by atoms with Gasteiger partial charge in [-0.2, -0.15) is 5.26 Å². The first-order chi connectivity index (χ1) is 13.7. The Balaban J connectivity index is 1.43. The zero-order valence-electron chi connectivity index (χ0n) is 15.0. The molecule has 7 heteroatoms. The zero-order chi connectivity index (χ0) is 19.3. The number of aromatic nitrogens is 2. The minimum atomic E-state index is -0.864. The lowest BCUT2D eigenvalue weighted by Gasteiger charge is -2.20. The summed E-state index contributed by atoms with van der Waals surface area (Å²) in [5.41, 5.74) is 2.83. The van der Waals surface area contributed by atoms with Crippen LogP contribution in [0.5, 0.6) is 11.5 Å². The van der Waals surface area contributed by atoms with Crippen molar-refractivity contribution in [3.63, 3.8) is 0 Å². The average Bonchev–Trinajstić information content (AvgIpc) is 2.77. The van der Waals surface area contributed by atoms with Gasteiger partial charge in [-0.15, -0.1) is 0 Å². The summed E-state index contributed by atoms with van der Waals surface area (Å²) in [5, 5.41) is 22.7. The fourth-order valence-electron chi connectivity index (χ4n) is 2.92. The van der Waals surface area contributed by atoms with Gasteiger partial charge >= 0.3 is 0 Å². The minimum absolute atomic E-state index is 0.445. The van der Waals surface area contributed by atoms with Gasteiger partial charge in [0.25, 0.3) is 0 Å². The molecule has 140 valence electrons. The molecule has 1 aliphatic heterocycles. The van der Waals surface area contributed by atoms with Crippen molar-refractivity contribution in [1.82, 2.24) is 9.97 Å². The van der Waals surface area contributed by atoms with E-state index < -0.39 is 6.10 Å². The molecule has 7 nitrogen and oxygen atoms in total. The third-order valence-electron chi connectivity index (χ3n) is 4.38. The third kappa shape index (κ3) is 3.87. The largest absolute Gasteiger partial charge is 0.486 e. The normalized spacial score (nSPS) is 13.4. The second kappa shape index (κ2) is 7.94.